The molecule has 0 saturated heterocycles. The van der Waals surface area contributed by atoms with E-state index in [1.54, 1.807) is 24.3 Å². The zero-order valence-electron chi connectivity index (χ0n) is 11.2. The zero-order valence-corrected chi connectivity index (χ0v) is 12.0. The van der Waals surface area contributed by atoms with E-state index >= 15 is 0 Å². The predicted molar refractivity (Wildman–Crippen MR) is 75.5 cm³/mol. The third-order valence-electron chi connectivity index (χ3n) is 3.34. The molecule has 1 saturated carbocycles. The normalized spacial score (nSPS) is 21.1. The van der Waals surface area contributed by atoms with Gasteiger partial charge in [-0.3, -0.25) is 0 Å². The van der Waals surface area contributed by atoms with Crippen LogP contribution in [0.4, 0.5) is 5.69 Å². The van der Waals surface area contributed by atoms with Gasteiger partial charge in [-0.15, -0.1) is 0 Å². The van der Waals surface area contributed by atoms with E-state index in [2.05, 4.69) is 4.72 Å². The standard InChI is InChI=1S/C13H20N2O3S/c1-13(2)9-12(13)15-19(16,17)8-7-18-11-5-3-10(14)4-6-11/h3-6,12,15H,7-9,14H2,1-2H3. The van der Waals surface area contributed by atoms with Gasteiger partial charge in [-0.05, 0) is 36.1 Å². The Labute approximate surface area is 114 Å². The molecule has 2 rings (SSSR count). The lowest BCUT2D eigenvalue weighted by Crippen LogP contribution is -2.32. The number of sulfonamides is 1. The van der Waals surface area contributed by atoms with Crippen LogP contribution in [0.15, 0.2) is 24.3 Å². The van der Waals surface area contributed by atoms with Gasteiger partial charge in [-0.25, -0.2) is 13.1 Å². The van der Waals surface area contributed by atoms with Crippen LogP contribution in [0.2, 0.25) is 0 Å². The molecule has 0 heterocycles. The molecule has 1 fully saturated rings. The molecule has 0 aromatic heterocycles. The van der Waals surface area contributed by atoms with Crippen LogP contribution in [0.3, 0.4) is 0 Å². The average Bonchev–Trinajstić information content (AvgIpc) is 2.87. The summed E-state index contributed by atoms with van der Waals surface area (Å²) in [6.07, 6.45) is 0.894. The number of hydrogen-bond acceptors (Lipinski definition) is 4. The summed E-state index contributed by atoms with van der Waals surface area (Å²) in [5.74, 6) is 0.584. The highest BCUT2D eigenvalue weighted by Gasteiger charge is 2.47. The van der Waals surface area contributed by atoms with Crippen molar-refractivity contribution in [3.8, 4) is 5.75 Å². The van der Waals surface area contributed by atoms with E-state index < -0.39 is 10.0 Å². The Bertz CT molecular complexity index is 538. The molecule has 1 aromatic rings. The Kier molecular flexibility index (Phi) is 3.73. The maximum Gasteiger partial charge on any atom is 0.215 e. The molecule has 3 N–H and O–H groups in total. The molecule has 0 aliphatic heterocycles. The van der Waals surface area contributed by atoms with Gasteiger partial charge in [0.2, 0.25) is 10.0 Å². The first-order chi connectivity index (χ1) is 8.78. The first kappa shape index (κ1) is 14.1. The maximum atomic E-state index is 11.8. The fourth-order valence-corrected chi connectivity index (χ4v) is 3.03. The molecule has 1 atom stereocenters. The summed E-state index contributed by atoms with van der Waals surface area (Å²) in [6.45, 7) is 4.22. The third kappa shape index (κ3) is 4.11. The van der Waals surface area contributed by atoms with E-state index in [4.69, 9.17) is 10.5 Å². The summed E-state index contributed by atoms with van der Waals surface area (Å²) in [4.78, 5) is 0. The van der Waals surface area contributed by atoms with Crippen molar-refractivity contribution in [1.29, 1.82) is 0 Å². The van der Waals surface area contributed by atoms with Crippen LogP contribution in [-0.4, -0.2) is 26.8 Å². The number of anilines is 1. The Morgan fingerprint density at radius 3 is 2.47 bits per heavy atom. The highest BCUT2D eigenvalue weighted by Crippen LogP contribution is 2.44. The molecule has 1 aliphatic rings. The van der Waals surface area contributed by atoms with Crippen molar-refractivity contribution in [2.24, 2.45) is 5.41 Å². The largest absolute Gasteiger partial charge is 0.492 e. The van der Waals surface area contributed by atoms with Gasteiger partial charge in [0, 0.05) is 11.7 Å². The van der Waals surface area contributed by atoms with Gasteiger partial charge in [0.1, 0.15) is 12.4 Å². The van der Waals surface area contributed by atoms with E-state index in [1.165, 1.54) is 0 Å². The molecular formula is C13H20N2O3S. The van der Waals surface area contributed by atoms with E-state index in [0.717, 1.165) is 6.42 Å². The smallest absolute Gasteiger partial charge is 0.215 e. The minimum atomic E-state index is -3.27. The summed E-state index contributed by atoms with van der Waals surface area (Å²) in [5, 5.41) is 0. The van der Waals surface area contributed by atoms with E-state index in [-0.39, 0.29) is 23.8 Å². The van der Waals surface area contributed by atoms with Crippen LogP contribution in [-0.2, 0) is 10.0 Å². The van der Waals surface area contributed by atoms with Crippen LogP contribution in [0, 0.1) is 5.41 Å². The highest BCUT2D eigenvalue weighted by atomic mass is 32.2. The Hall–Kier alpha value is -1.27. The second-order valence-corrected chi connectivity index (χ2v) is 7.47. The highest BCUT2D eigenvalue weighted by molar-refractivity contribution is 7.89. The zero-order chi connectivity index (χ0) is 14.1. The maximum absolute atomic E-state index is 11.8. The van der Waals surface area contributed by atoms with Crippen LogP contribution in [0.5, 0.6) is 5.75 Å². The number of nitrogens with two attached hydrogens (primary N) is 1. The molecule has 0 radical (unpaired) electrons. The number of hydrogen-bond donors (Lipinski definition) is 2. The summed E-state index contributed by atoms with van der Waals surface area (Å²) in [6, 6.07) is 6.94. The van der Waals surface area contributed by atoms with E-state index in [1.807, 2.05) is 13.8 Å². The fourth-order valence-electron chi connectivity index (χ4n) is 1.78. The number of ether oxygens (including phenoxy) is 1. The molecule has 1 aromatic carbocycles. The van der Waals surface area contributed by atoms with Gasteiger partial charge >= 0.3 is 0 Å². The Balaban J connectivity index is 1.77. The van der Waals surface area contributed by atoms with Crippen molar-refractivity contribution in [3.63, 3.8) is 0 Å². The lowest BCUT2D eigenvalue weighted by Gasteiger charge is -2.09. The summed E-state index contributed by atoms with van der Waals surface area (Å²) < 4.78 is 31.7. The molecule has 0 amide bonds. The Morgan fingerprint density at radius 1 is 1.37 bits per heavy atom. The lowest BCUT2D eigenvalue weighted by molar-refractivity contribution is 0.340. The van der Waals surface area contributed by atoms with Crippen molar-refractivity contribution >= 4 is 15.7 Å². The number of benzene rings is 1. The first-order valence-corrected chi connectivity index (χ1v) is 7.92. The minimum Gasteiger partial charge on any atom is -0.492 e. The van der Waals surface area contributed by atoms with E-state index in [9.17, 15) is 8.42 Å². The quantitative estimate of drug-likeness (QED) is 0.773. The molecule has 0 spiro atoms. The molecule has 0 bridgehead atoms. The van der Waals surface area contributed by atoms with Gasteiger partial charge < -0.3 is 10.5 Å². The van der Waals surface area contributed by atoms with Crippen LogP contribution < -0.4 is 15.2 Å². The third-order valence-corrected chi connectivity index (χ3v) is 4.68. The molecule has 1 aliphatic carbocycles. The number of nitrogens with one attached hydrogen (secondary N) is 1. The molecule has 106 valence electrons. The molecule has 6 heteroatoms. The SMILES string of the molecule is CC1(C)CC1NS(=O)(=O)CCOc1ccc(N)cc1. The van der Waals surface area contributed by atoms with Crippen molar-refractivity contribution < 1.29 is 13.2 Å². The topological polar surface area (TPSA) is 81.4 Å². The first-order valence-electron chi connectivity index (χ1n) is 6.27. The molecule has 1 unspecified atom stereocenters. The second kappa shape index (κ2) is 5.02. The van der Waals surface area contributed by atoms with Gasteiger partial charge in [0.25, 0.3) is 0 Å². The second-order valence-electron chi connectivity index (χ2n) is 5.60. The van der Waals surface area contributed by atoms with Crippen molar-refractivity contribution in [1.82, 2.24) is 4.72 Å². The Morgan fingerprint density at radius 2 is 1.95 bits per heavy atom. The van der Waals surface area contributed by atoms with Crippen LogP contribution in [0.25, 0.3) is 0 Å². The molecular weight excluding hydrogens is 264 g/mol. The minimum absolute atomic E-state index is 0.0377. The van der Waals surface area contributed by atoms with Crippen molar-refractivity contribution in [2.45, 2.75) is 26.3 Å². The summed E-state index contributed by atoms with van der Waals surface area (Å²) in [7, 11) is -3.27. The van der Waals surface area contributed by atoms with Crippen LogP contribution >= 0.6 is 0 Å². The van der Waals surface area contributed by atoms with Gasteiger partial charge in [-0.2, -0.15) is 0 Å². The summed E-state index contributed by atoms with van der Waals surface area (Å²) >= 11 is 0. The molecule has 5 nitrogen and oxygen atoms in total. The van der Waals surface area contributed by atoms with Gasteiger partial charge in [0.15, 0.2) is 0 Å². The fraction of sp³-hybridized carbons (Fsp3) is 0.538. The average molecular weight is 284 g/mol. The monoisotopic (exact) mass is 284 g/mol. The predicted octanol–water partition coefficient (Wildman–Crippen LogP) is 1.37. The van der Waals surface area contributed by atoms with Crippen molar-refractivity contribution in [3.05, 3.63) is 24.3 Å². The number of rotatable bonds is 6. The van der Waals surface area contributed by atoms with Crippen LogP contribution in [0.1, 0.15) is 20.3 Å². The van der Waals surface area contributed by atoms with Gasteiger partial charge in [0.05, 0.1) is 5.75 Å². The molecule has 19 heavy (non-hydrogen) atoms. The number of nitrogen functional groups attached to an aromatic ring is 1. The lowest BCUT2D eigenvalue weighted by atomic mass is 10.2. The van der Waals surface area contributed by atoms with Crippen molar-refractivity contribution in [2.75, 3.05) is 18.1 Å². The van der Waals surface area contributed by atoms with E-state index in [0.29, 0.717) is 11.4 Å². The summed E-state index contributed by atoms with van der Waals surface area (Å²) in [5.41, 5.74) is 6.29. The van der Waals surface area contributed by atoms with Gasteiger partial charge in [-0.1, -0.05) is 13.8 Å².